The van der Waals surface area contributed by atoms with E-state index < -0.39 is 0 Å². The molecule has 0 spiro atoms. The van der Waals surface area contributed by atoms with Crippen molar-refractivity contribution in [2.45, 2.75) is 55.4 Å². The second kappa shape index (κ2) is 15.0. The van der Waals surface area contributed by atoms with Gasteiger partial charge in [-0.25, -0.2) is 0 Å². The number of hydrogen-bond donors (Lipinski definition) is 0. The third-order valence-corrected chi connectivity index (χ3v) is 2.01. The smallest absolute Gasteiger partial charge is 0.0363 e. The second-order valence-electron chi connectivity index (χ2n) is 3.16. The van der Waals surface area contributed by atoms with E-state index in [-0.39, 0.29) is 0 Å². The van der Waals surface area contributed by atoms with Gasteiger partial charge in [0.15, 0.2) is 0 Å². The van der Waals surface area contributed by atoms with Crippen molar-refractivity contribution in [1.29, 1.82) is 0 Å². The van der Waals surface area contributed by atoms with Gasteiger partial charge in [0, 0.05) is 19.8 Å². The fraction of sp³-hybridized carbons (Fsp3) is 0.625. The van der Waals surface area contributed by atoms with E-state index in [1.807, 2.05) is 41.5 Å². The summed E-state index contributed by atoms with van der Waals surface area (Å²) in [5.74, 6) is 0. The second-order valence-corrected chi connectivity index (χ2v) is 3.16. The minimum absolute atomic E-state index is 1.27. The molecule has 0 radical (unpaired) electrons. The van der Waals surface area contributed by atoms with Crippen LogP contribution in [0.1, 0.15) is 52.7 Å². The molecule has 0 saturated carbocycles. The van der Waals surface area contributed by atoms with E-state index in [4.69, 9.17) is 0 Å². The third-order valence-electron chi connectivity index (χ3n) is 2.01. The van der Waals surface area contributed by atoms with Crippen LogP contribution >= 0.6 is 0 Å². The molecule has 0 heterocycles. The Hall–Kier alpha value is -0.980. The van der Waals surface area contributed by atoms with Crippen molar-refractivity contribution in [2.24, 2.45) is 0 Å². The van der Waals surface area contributed by atoms with Gasteiger partial charge in [-0.1, -0.05) is 47.6 Å². The van der Waals surface area contributed by atoms with Gasteiger partial charge in [0.05, 0.1) is 0 Å². The van der Waals surface area contributed by atoms with Crippen molar-refractivity contribution in [3.8, 4) is 0 Å². The van der Waals surface area contributed by atoms with Crippen LogP contribution in [-0.2, 0) is 0 Å². The van der Waals surface area contributed by atoms with Crippen molar-refractivity contribution in [1.82, 2.24) is 0 Å². The molecule has 0 atom stereocenters. The Morgan fingerprint density at radius 1 is 0.706 bits per heavy atom. The molecule has 0 aliphatic heterocycles. The lowest BCUT2D eigenvalue weighted by Crippen LogP contribution is -2.08. The predicted octanol–water partition coefficient (Wildman–Crippen LogP) is 5.45. The molecule has 17 heavy (non-hydrogen) atoms. The third kappa shape index (κ3) is 9.92. The molecule has 1 aromatic rings. The molecule has 0 N–H and O–H groups in total. The van der Waals surface area contributed by atoms with Gasteiger partial charge in [0.25, 0.3) is 0 Å². The topological polar surface area (TPSA) is 3.24 Å². The highest BCUT2D eigenvalue weighted by Crippen LogP contribution is 2.15. The van der Waals surface area contributed by atoms with Gasteiger partial charge >= 0.3 is 0 Å². The maximum atomic E-state index is 2.20. The van der Waals surface area contributed by atoms with Crippen LogP contribution < -0.4 is 4.90 Å². The lowest BCUT2D eigenvalue weighted by molar-refractivity contribution is 1.12. The molecule has 1 rings (SSSR count). The average Bonchev–Trinajstić information content (AvgIpc) is 2.39. The van der Waals surface area contributed by atoms with Gasteiger partial charge in [-0.05, 0) is 37.1 Å². The zero-order chi connectivity index (χ0) is 14.4. The summed E-state index contributed by atoms with van der Waals surface area (Å²) in [6.45, 7) is 16.3. The zero-order valence-electron chi connectivity index (χ0n) is 13.7. The molecule has 0 aliphatic carbocycles. The summed E-state index contributed by atoms with van der Waals surface area (Å²) >= 11 is 0. The quantitative estimate of drug-likeness (QED) is 0.630. The van der Waals surface area contributed by atoms with Crippen LogP contribution in [0.5, 0.6) is 0 Å². The van der Waals surface area contributed by atoms with Crippen LogP contribution in [0.15, 0.2) is 18.2 Å². The van der Waals surface area contributed by atoms with Gasteiger partial charge in [-0.2, -0.15) is 0 Å². The Morgan fingerprint density at radius 2 is 1.12 bits per heavy atom. The molecule has 0 fully saturated rings. The predicted molar refractivity (Wildman–Crippen MR) is 84.3 cm³/mol. The normalized spacial score (nSPS) is 7.41. The molecule has 0 aliphatic rings. The molecule has 102 valence electrons. The summed E-state index contributed by atoms with van der Waals surface area (Å²) in [5, 5.41) is 0. The maximum Gasteiger partial charge on any atom is 0.0363 e. The summed E-state index contributed by atoms with van der Waals surface area (Å²) in [7, 11) is 4.12. The van der Waals surface area contributed by atoms with Crippen molar-refractivity contribution in [2.75, 3.05) is 19.0 Å². The van der Waals surface area contributed by atoms with E-state index in [1.165, 1.54) is 16.8 Å². The van der Waals surface area contributed by atoms with Crippen LogP contribution in [0.25, 0.3) is 0 Å². The van der Waals surface area contributed by atoms with Gasteiger partial charge in [0.2, 0.25) is 0 Å². The Kier molecular flexibility index (Phi) is 18.8. The number of rotatable bonds is 1. The van der Waals surface area contributed by atoms with Crippen molar-refractivity contribution in [3.63, 3.8) is 0 Å². The molecule has 0 saturated heterocycles. The summed E-state index contributed by atoms with van der Waals surface area (Å²) in [4.78, 5) is 2.12. The van der Waals surface area contributed by atoms with Gasteiger partial charge in [-0.15, -0.1) is 0 Å². The Labute approximate surface area is 110 Å². The summed E-state index contributed by atoms with van der Waals surface area (Å²) in [5.41, 5.74) is 3.99. The monoisotopic (exact) mass is 239 g/mol. The molecular weight excluding hydrogens is 206 g/mol. The fourth-order valence-corrected chi connectivity index (χ4v) is 1.00. The van der Waals surface area contributed by atoms with Crippen molar-refractivity contribution >= 4 is 5.69 Å². The Morgan fingerprint density at radius 3 is 1.41 bits per heavy atom. The largest absolute Gasteiger partial charge is 0.378 e. The van der Waals surface area contributed by atoms with Crippen LogP contribution in [0.3, 0.4) is 0 Å². The van der Waals surface area contributed by atoms with E-state index >= 15 is 0 Å². The van der Waals surface area contributed by atoms with E-state index in [1.54, 1.807) is 0 Å². The summed E-state index contributed by atoms with van der Waals surface area (Å²) < 4.78 is 0. The van der Waals surface area contributed by atoms with E-state index in [9.17, 15) is 0 Å². The van der Waals surface area contributed by atoms with Gasteiger partial charge in [-0.3, -0.25) is 0 Å². The van der Waals surface area contributed by atoms with Crippen LogP contribution in [-0.4, -0.2) is 14.1 Å². The molecular formula is C16H33N. The highest BCUT2D eigenvalue weighted by atomic mass is 15.1. The molecule has 1 nitrogen and oxygen atoms in total. The minimum atomic E-state index is 1.27. The summed E-state index contributed by atoms with van der Waals surface area (Å²) in [6, 6.07) is 6.50. The minimum Gasteiger partial charge on any atom is -0.378 e. The highest BCUT2D eigenvalue weighted by molar-refractivity contribution is 5.49. The van der Waals surface area contributed by atoms with E-state index in [2.05, 4.69) is 51.0 Å². The number of nitrogens with zero attached hydrogens (tertiary/aromatic N) is 1. The molecule has 0 amide bonds. The SMILES string of the molecule is CC.CC.CC.Cc1ccc(N(C)C)cc1C. The first kappa shape index (κ1) is 21.3. The average molecular weight is 239 g/mol. The Balaban J connectivity index is -0.000000285. The van der Waals surface area contributed by atoms with E-state index in [0.29, 0.717) is 0 Å². The van der Waals surface area contributed by atoms with Gasteiger partial charge in [0.1, 0.15) is 0 Å². The first-order valence-corrected chi connectivity index (χ1v) is 6.86. The van der Waals surface area contributed by atoms with E-state index in [0.717, 1.165) is 0 Å². The molecule has 1 heteroatoms. The highest BCUT2D eigenvalue weighted by Gasteiger charge is 1.96. The van der Waals surface area contributed by atoms with Crippen LogP contribution in [0.2, 0.25) is 0 Å². The maximum absolute atomic E-state index is 2.20. The molecule has 0 unspecified atom stereocenters. The standard InChI is InChI=1S/C10H15N.3C2H6/c1-8-5-6-10(11(3)4)7-9(8)2;3*1-2/h5-7H,1-4H3;3*1-2H3. The van der Waals surface area contributed by atoms with Crippen molar-refractivity contribution < 1.29 is 0 Å². The fourth-order valence-electron chi connectivity index (χ4n) is 1.00. The van der Waals surface area contributed by atoms with Gasteiger partial charge < -0.3 is 4.90 Å². The number of anilines is 1. The lowest BCUT2D eigenvalue weighted by atomic mass is 10.1. The number of aryl methyl sites for hydroxylation is 2. The molecule has 0 bridgehead atoms. The number of hydrogen-bond acceptors (Lipinski definition) is 1. The summed E-state index contributed by atoms with van der Waals surface area (Å²) in [6.07, 6.45) is 0. The zero-order valence-corrected chi connectivity index (χ0v) is 13.7. The Bertz CT molecular complexity index is 252. The lowest BCUT2D eigenvalue weighted by Gasteiger charge is -2.13. The first-order chi connectivity index (χ1) is 8.11. The van der Waals surface area contributed by atoms with Crippen LogP contribution in [0.4, 0.5) is 5.69 Å². The van der Waals surface area contributed by atoms with Crippen LogP contribution in [0, 0.1) is 13.8 Å². The van der Waals surface area contributed by atoms with Crippen molar-refractivity contribution in [3.05, 3.63) is 29.3 Å². The number of benzene rings is 1. The first-order valence-electron chi connectivity index (χ1n) is 6.86. The molecule has 0 aromatic heterocycles. The molecule has 1 aromatic carbocycles.